The van der Waals surface area contributed by atoms with Crippen LogP contribution >= 0.6 is 46.1 Å². The summed E-state index contributed by atoms with van der Waals surface area (Å²) in [6.45, 7) is 0.230. The molecule has 0 aliphatic heterocycles. The van der Waals surface area contributed by atoms with Gasteiger partial charge in [-0.2, -0.15) is 0 Å². The standard InChI is InChI=1S/C17H12Cl3N3O2S/c18-10-3-1-9(2-4-10)16-22-21-14(25-16)8-23(11-5-6-11)17(24)12-7-13(19)26-15(12)20/h1-4,7,11H,5-6,8H2. The highest BCUT2D eigenvalue weighted by molar-refractivity contribution is 7.20. The van der Waals surface area contributed by atoms with Crippen LogP contribution in [0.1, 0.15) is 29.1 Å². The van der Waals surface area contributed by atoms with Crippen molar-refractivity contribution in [3.63, 3.8) is 0 Å². The van der Waals surface area contributed by atoms with E-state index >= 15 is 0 Å². The number of aromatic nitrogens is 2. The molecule has 0 saturated heterocycles. The van der Waals surface area contributed by atoms with Gasteiger partial charge in [0.05, 0.1) is 16.4 Å². The molecule has 2 heterocycles. The average molecular weight is 429 g/mol. The summed E-state index contributed by atoms with van der Waals surface area (Å²) >= 11 is 19.2. The van der Waals surface area contributed by atoms with Gasteiger partial charge in [-0.25, -0.2) is 0 Å². The lowest BCUT2D eigenvalue weighted by molar-refractivity contribution is 0.0715. The lowest BCUT2D eigenvalue weighted by atomic mass is 10.2. The number of amides is 1. The van der Waals surface area contributed by atoms with Gasteiger partial charge in [0.15, 0.2) is 0 Å². The summed E-state index contributed by atoms with van der Waals surface area (Å²) < 4.78 is 6.59. The fourth-order valence-corrected chi connectivity index (χ4v) is 4.14. The van der Waals surface area contributed by atoms with Gasteiger partial charge in [-0.1, -0.05) is 34.8 Å². The van der Waals surface area contributed by atoms with Gasteiger partial charge in [0.1, 0.15) is 4.34 Å². The number of rotatable bonds is 5. The minimum Gasteiger partial charge on any atom is -0.419 e. The van der Waals surface area contributed by atoms with E-state index in [-0.39, 0.29) is 18.5 Å². The summed E-state index contributed by atoms with van der Waals surface area (Å²) in [5.41, 5.74) is 1.18. The fraction of sp³-hybridized carbons (Fsp3) is 0.235. The Hall–Kier alpha value is -1.60. The van der Waals surface area contributed by atoms with Gasteiger partial charge in [0.2, 0.25) is 11.8 Å². The summed E-state index contributed by atoms with van der Waals surface area (Å²) in [5, 5.41) is 8.76. The second-order valence-electron chi connectivity index (χ2n) is 5.91. The summed E-state index contributed by atoms with van der Waals surface area (Å²) in [5.74, 6) is 0.580. The van der Waals surface area contributed by atoms with Gasteiger partial charge in [-0.15, -0.1) is 21.5 Å². The van der Waals surface area contributed by atoms with Crippen molar-refractivity contribution in [2.75, 3.05) is 0 Å². The molecule has 0 spiro atoms. The highest BCUT2D eigenvalue weighted by Gasteiger charge is 2.35. The van der Waals surface area contributed by atoms with Gasteiger partial charge in [0.25, 0.3) is 5.91 Å². The van der Waals surface area contributed by atoms with E-state index in [0.717, 1.165) is 18.4 Å². The third-order valence-electron chi connectivity index (χ3n) is 4.00. The molecule has 0 bridgehead atoms. The first-order valence-corrected chi connectivity index (χ1v) is 9.80. The molecule has 9 heteroatoms. The number of halogens is 3. The van der Waals surface area contributed by atoms with E-state index in [4.69, 9.17) is 39.2 Å². The van der Waals surface area contributed by atoms with Crippen molar-refractivity contribution in [2.24, 2.45) is 0 Å². The van der Waals surface area contributed by atoms with Crippen molar-refractivity contribution in [1.29, 1.82) is 0 Å². The molecule has 3 aromatic rings. The van der Waals surface area contributed by atoms with Crippen LogP contribution in [0, 0.1) is 0 Å². The van der Waals surface area contributed by atoms with E-state index in [2.05, 4.69) is 10.2 Å². The normalized spacial score (nSPS) is 13.8. The molecule has 1 saturated carbocycles. The number of carbonyl (C=O) groups is 1. The van der Waals surface area contributed by atoms with E-state index in [1.807, 2.05) is 0 Å². The fourth-order valence-electron chi connectivity index (χ4n) is 2.57. The van der Waals surface area contributed by atoms with Crippen molar-refractivity contribution >= 4 is 52.0 Å². The average Bonchev–Trinajstić information content (AvgIpc) is 3.25. The molecule has 1 aliphatic carbocycles. The predicted molar refractivity (Wildman–Crippen MR) is 102 cm³/mol. The van der Waals surface area contributed by atoms with Gasteiger partial charge < -0.3 is 9.32 Å². The van der Waals surface area contributed by atoms with Crippen molar-refractivity contribution in [1.82, 2.24) is 15.1 Å². The van der Waals surface area contributed by atoms with Gasteiger partial charge in [0, 0.05) is 16.6 Å². The predicted octanol–water partition coefficient (Wildman–Crippen LogP) is 5.56. The lowest BCUT2D eigenvalue weighted by Crippen LogP contribution is -2.32. The highest BCUT2D eigenvalue weighted by atomic mass is 35.5. The summed E-state index contributed by atoms with van der Waals surface area (Å²) in [6, 6.07) is 8.86. The number of carbonyl (C=O) groups excluding carboxylic acids is 1. The SMILES string of the molecule is O=C(c1cc(Cl)sc1Cl)N(Cc1nnc(-c2ccc(Cl)cc2)o1)C1CC1. The van der Waals surface area contributed by atoms with Crippen molar-refractivity contribution in [3.8, 4) is 11.5 Å². The Labute approximate surface area is 168 Å². The number of hydrogen-bond donors (Lipinski definition) is 0. The summed E-state index contributed by atoms with van der Waals surface area (Å²) in [7, 11) is 0. The Morgan fingerprint density at radius 3 is 2.54 bits per heavy atom. The highest BCUT2D eigenvalue weighted by Crippen LogP contribution is 2.35. The largest absolute Gasteiger partial charge is 0.419 e. The first kappa shape index (κ1) is 17.8. The number of benzene rings is 1. The van der Waals surface area contributed by atoms with Gasteiger partial charge in [-0.05, 0) is 43.2 Å². The van der Waals surface area contributed by atoms with E-state index < -0.39 is 0 Å². The zero-order valence-electron chi connectivity index (χ0n) is 13.3. The van der Waals surface area contributed by atoms with Crippen LogP contribution in [0.3, 0.4) is 0 Å². The van der Waals surface area contributed by atoms with Crippen LogP contribution in [0.25, 0.3) is 11.5 Å². The van der Waals surface area contributed by atoms with Crippen LogP contribution in [0.2, 0.25) is 13.7 Å². The van der Waals surface area contributed by atoms with E-state index in [1.165, 1.54) is 11.3 Å². The Kier molecular flexibility index (Phi) is 4.92. The zero-order valence-corrected chi connectivity index (χ0v) is 16.4. The molecule has 0 radical (unpaired) electrons. The molecule has 0 N–H and O–H groups in total. The molecular weight excluding hydrogens is 417 g/mol. The monoisotopic (exact) mass is 427 g/mol. The molecule has 0 atom stereocenters. The second-order valence-corrected chi connectivity index (χ2v) is 8.63. The molecule has 5 nitrogen and oxygen atoms in total. The van der Waals surface area contributed by atoms with Crippen molar-refractivity contribution in [2.45, 2.75) is 25.4 Å². The van der Waals surface area contributed by atoms with Crippen LogP contribution in [-0.4, -0.2) is 27.0 Å². The van der Waals surface area contributed by atoms with E-state index in [9.17, 15) is 4.79 Å². The van der Waals surface area contributed by atoms with Gasteiger partial charge in [-0.3, -0.25) is 4.79 Å². The number of hydrogen-bond acceptors (Lipinski definition) is 5. The number of thiophene rings is 1. The van der Waals surface area contributed by atoms with Crippen molar-refractivity contribution in [3.05, 3.63) is 55.5 Å². The maximum atomic E-state index is 12.9. The van der Waals surface area contributed by atoms with E-state index in [0.29, 0.717) is 31.0 Å². The van der Waals surface area contributed by atoms with Crippen LogP contribution in [-0.2, 0) is 6.54 Å². The third-order valence-corrected chi connectivity index (χ3v) is 5.74. The third kappa shape index (κ3) is 3.74. The van der Waals surface area contributed by atoms with Crippen LogP contribution in [0.15, 0.2) is 34.7 Å². The Morgan fingerprint density at radius 2 is 1.92 bits per heavy atom. The second kappa shape index (κ2) is 7.19. The Morgan fingerprint density at radius 1 is 1.19 bits per heavy atom. The van der Waals surface area contributed by atoms with Crippen LogP contribution in [0.4, 0.5) is 0 Å². The quantitative estimate of drug-likeness (QED) is 0.533. The molecule has 26 heavy (non-hydrogen) atoms. The molecule has 134 valence electrons. The van der Waals surface area contributed by atoms with E-state index in [1.54, 1.807) is 35.2 Å². The maximum absolute atomic E-state index is 12.9. The van der Waals surface area contributed by atoms with Crippen LogP contribution < -0.4 is 0 Å². The van der Waals surface area contributed by atoms with Crippen LogP contribution in [0.5, 0.6) is 0 Å². The molecular formula is C17H12Cl3N3O2S. The van der Waals surface area contributed by atoms with Crippen molar-refractivity contribution < 1.29 is 9.21 Å². The number of nitrogens with zero attached hydrogens (tertiary/aromatic N) is 3. The smallest absolute Gasteiger partial charge is 0.257 e. The minimum atomic E-state index is -0.174. The zero-order chi connectivity index (χ0) is 18.3. The first-order valence-electron chi connectivity index (χ1n) is 7.85. The molecule has 4 rings (SSSR count). The van der Waals surface area contributed by atoms with Gasteiger partial charge >= 0.3 is 0 Å². The Balaban J connectivity index is 1.55. The minimum absolute atomic E-state index is 0.156. The molecule has 1 aromatic carbocycles. The molecule has 2 aromatic heterocycles. The molecule has 0 unspecified atom stereocenters. The molecule has 1 amide bonds. The maximum Gasteiger partial charge on any atom is 0.257 e. The summed E-state index contributed by atoms with van der Waals surface area (Å²) in [4.78, 5) is 14.6. The lowest BCUT2D eigenvalue weighted by Gasteiger charge is -2.20. The first-order chi connectivity index (χ1) is 12.5. The Bertz CT molecular complexity index is 951. The molecule has 1 fully saturated rings. The topological polar surface area (TPSA) is 59.2 Å². The summed E-state index contributed by atoms with van der Waals surface area (Å²) in [6.07, 6.45) is 1.89. The molecule has 1 aliphatic rings.